The third kappa shape index (κ3) is 7.35. The number of aryl methyl sites for hydroxylation is 1. The lowest BCUT2D eigenvalue weighted by Crippen LogP contribution is -2.37. The van der Waals surface area contributed by atoms with E-state index in [0.29, 0.717) is 28.5 Å². The van der Waals surface area contributed by atoms with Crippen LogP contribution >= 0.6 is 0 Å². The minimum atomic E-state index is -4.38. The molecular formula is C31H34F3N5O. The summed E-state index contributed by atoms with van der Waals surface area (Å²) in [5, 5.41) is 13.1. The maximum absolute atomic E-state index is 13.4. The molecule has 6 nitrogen and oxygen atoms in total. The fraction of sp³-hybridized carbons (Fsp3) is 0.452. The number of hydrogen-bond acceptors (Lipinski definition) is 4. The van der Waals surface area contributed by atoms with Gasteiger partial charge in [-0.1, -0.05) is 12.0 Å². The number of nitrogens with zero attached hydrogens (tertiary/aromatic N) is 4. The van der Waals surface area contributed by atoms with Gasteiger partial charge in [-0.3, -0.25) is 9.78 Å². The van der Waals surface area contributed by atoms with Gasteiger partial charge in [0.1, 0.15) is 6.54 Å². The summed E-state index contributed by atoms with van der Waals surface area (Å²) in [5.41, 5.74) is 2.57. The molecule has 4 rings (SSSR count). The smallest absolute Gasteiger partial charge is 0.373 e. The van der Waals surface area contributed by atoms with E-state index < -0.39 is 18.1 Å². The first-order valence-electron chi connectivity index (χ1n) is 13.5. The molecule has 0 unspecified atom stereocenters. The lowest BCUT2D eigenvalue weighted by molar-refractivity contribution is -0.140. The van der Waals surface area contributed by atoms with E-state index in [0.717, 1.165) is 49.7 Å². The molecule has 2 aromatic heterocycles. The van der Waals surface area contributed by atoms with Crippen molar-refractivity contribution in [2.45, 2.75) is 64.6 Å². The first-order valence-corrected chi connectivity index (χ1v) is 13.5. The van der Waals surface area contributed by atoms with Crippen molar-refractivity contribution < 1.29 is 18.0 Å². The number of likely N-dealkylation sites (tertiary alicyclic amines) is 1. The molecule has 0 spiro atoms. The highest BCUT2D eigenvalue weighted by atomic mass is 19.4. The van der Waals surface area contributed by atoms with Crippen molar-refractivity contribution in [3.8, 4) is 17.9 Å². The van der Waals surface area contributed by atoms with Gasteiger partial charge < -0.3 is 14.8 Å². The van der Waals surface area contributed by atoms with E-state index >= 15 is 0 Å². The summed E-state index contributed by atoms with van der Waals surface area (Å²) in [6.45, 7) is 5.88. The second-order valence-corrected chi connectivity index (χ2v) is 10.9. The number of nitrogens with one attached hydrogen (secondary N) is 1. The fourth-order valence-electron chi connectivity index (χ4n) is 5.04. The monoisotopic (exact) mass is 549 g/mol. The van der Waals surface area contributed by atoms with Gasteiger partial charge in [0.15, 0.2) is 0 Å². The Labute approximate surface area is 233 Å². The van der Waals surface area contributed by atoms with Gasteiger partial charge in [0.05, 0.1) is 41.3 Å². The van der Waals surface area contributed by atoms with Crippen LogP contribution in [0.25, 0.3) is 10.9 Å². The Bertz CT molecular complexity index is 1450. The van der Waals surface area contributed by atoms with E-state index in [2.05, 4.69) is 28.2 Å². The summed E-state index contributed by atoms with van der Waals surface area (Å²) in [4.78, 5) is 17.8. The van der Waals surface area contributed by atoms with E-state index in [9.17, 15) is 23.2 Å². The van der Waals surface area contributed by atoms with Crippen molar-refractivity contribution in [2.75, 3.05) is 25.0 Å². The van der Waals surface area contributed by atoms with Crippen LogP contribution in [0.15, 0.2) is 42.6 Å². The molecule has 1 aliphatic heterocycles. The Kier molecular flexibility index (Phi) is 8.73. The molecule has 3 aromatic rings. The molecule has 210 valence electrons. The average molecular weight is 550 g/mol. The Morgan fingerprint density at radius 1 is 1.15 bits per heavy atom. The normalized spacial score (nSPS) is 14.5. The molecule has 1 fully saturated rings. The zero-order valence-electron chi connectivity index (χ0n) is 23.1. The largest absolute Gasteiger partial charge is 0.406 e. The summed E-state index contributed by atoms with van der Waals surface area (Å²) in [6, 6.07) is 13.1. The van der Waals surface area contributed by atoms with E-state index in [1.807, 2.05) is 17.0 Å². The van der Waals surface area contributed by atoms with Crippen LogP contribution in [-0.4, -0.2) is 46.2 Å². The number of halogens is 3. The molecule has 0 aliphatic carbocycles. The lowest BCUT2D eigenvalue weighted by Gasteiger charge is -2.31. The molecule has 9 heteroatoms. The highest BCUT2D eigenvalue weighted by molar-refractivity contribution is 5.83. The number of aromatic nitrogens is 2. The molecule has 1 N–H and O–H groups in total. The van der Waals surface area contributed by atoms with Crippen LogP contribution in [0, 0.1) is 29.1 Å². The minimum absolute atomic E-state index is 0.119. The number of rotatable bonds is 7. The number of amides is 1. The Balaban J connectivity index is 1.44. The van der Waals surface area contributed by atoms with Gasteiger partial charge in [-0.25, -0.2) is 0 Å². The number of fused-ring (bicyclic) bond motifs is 1. The van der Waals surface area contributed by atoms with Crippen molar-refractivity contribution in [1.82, 2.24) is 14.5 Å². The van der Waals surface area contributed by atoms with Gasteiger partial charge in [0.25, 0.3) is 0 Å². The van der Waals surface area contributed by atoms with E-state index in [1.165, 1.54) is 4.57 Å². The van der Waals surface area contributed by atoms with Crippen molar-refractivity contribution >= 4 is 22.5 Å². The van der Waals surface area contributed by atoms with Crippen LogP contribution in [0.5, 0.6) is 0 Å². The topological polar surface area (TPSA) is 74.0 Å². The molecule has 1 aromatic carbocycles. The number of anilines is 1. The molecule has 0 saturated carbocycles. The summed E-state index contributed by atoms with van der Waals surface area (Å²) in [6.07, 6.45) is 1.03. The molecule has 3 heterocycles. The van der Waals surface area contributed by atoms with E-state index in [-0.39, 0.29) is 12.5 Å². The molecule has 0 atom stereocenters. The highest BCUT2D eigenvalue weighted by Crippen LogP contribution is 2.28. The van der Waals surface area contributed by atoms with Crippen LogP contribution < -0.4 is 5.32 Å². The number of carbonyl (C=O) groups is 1. The molecule has 1 amide bonds. The quantitative estimate of drug-likeness (QED) is 0.364. The van der Waals surface area contributed by atoms with Gasteiger partial charge in [0, 0.05) is 30.9 Å². The van der Waals surface area contributed by atoms with Crippen LogP contribution in [-0.2, 0) is 23.2 Å². The predicted octanol–water partition coefficient (Wildman–Crippen LogP) is 6.05. The van der Waals surface area contributed by atoms with Crippen molar-refractivity contribution in [3.05, 3.63) is 59.5 Å². The van der Waals surface area contributed by atoms with Gasteiger partial charge in [0.2, 0.25) is 5.91 Å². The van der Waals surface area contributed by atoms with E-state index in [1.54, 1.807) is 51.2 Å². The van der Waals surface area contributed by atoms with Gasteiger partial charge in [-0.15, -0.1) is 0 Å². The standard InChI is InChI=1S/C31H34F3N5O/c1-22(40)38-15-12-23(13-16-38)6-7-24-8-10-28-25(17-24)18-27(39(28)21-31(32,33)34)5-4-14-36-26-9-11-29(37-19-26)30(2,3)20-35/h8-11,17-19,23,36H,6-7,12-16,21H2,1-3H3. The first kappa shape index (κ1) is 29.0. The summed E-state index contributed by atoms with van der Waals surface area (Å²) in [5.74, 6) is 6.50. The van der Waals surface area contributed by atoms with Crippen molar-refractivity contribution in [2.24, 2.45) is 5.92 Å². The molecule has 1 aliphatic rings. The van der Waals surface area contributed by atoms with Crippen LogP contribution in [0.2, 0.25) is 0 Å². The number of piperidine rings is 1. The number of hydrogen-bond donors (Lipinski definition) is 1. The SMILES string of the molecule is CC(=O)N1CCC(CCc2ccc3c(c2)cc(C#CCNc2ccc(C(C)(C)C#N)nc2)n3CC(F)(F)F)CC1. The number of alkyl halides is 3. The van der Waals surface area contributed by atoms with Crippen LogP contribution in [0.3, 0.4) is 0 Å². The Hall–Kier alpha value is -3.98. The Morgan fingerprint density at radius 2 is 1.90 bits per heavy atom. The van der Waals surface area contributed by atoms with Gasteiger partial charge >= 0.3 is 6.18 Å². The van der Waals surface area contributed by atoms with Crippen molar-refractivity contribution in [1.29, 1.82) is 5.26 Å². The summed E-state index contributed by atoms with van der Waals surface area (Å²) >= 11 is 0. The second-order valence-electron chi connectivity index (χ2n) is 10.9. The molecule has 0 bridgehead atoms. The minimum Gasteiger partial charge on any atom is -0.373 e. The molecular weight excluding hydrogens is 515 g/mol. The number of pyridine rings is 1. The van der Waals surface area contributed by atoms with Crippen LogP contribution in [0.4, 0.5) is 18.9 Å². The summed E-state index contributed by atoms with van der Waals surface area (Å²) in [7, 11) is 0. The number of carbonyl (C=O) groups excluding carboxylic acids is 1. The fourth-order valence-corrected chi connectivity index (χ4v) is 5.04. The van der Waals surface area contributed by atoms with E-state index in [4.69, 9.17) is 0 Å². The van der Waals surface area contributed by atoms with Crippen LogP contribution in [0.1, 0.15) is 57.0 Å². The third-order valence-electron chi connectivity index (χ3n) is 7.48. The number of benzene rings is 1. The Morgan fingerprint density at radius 3 is 2.52 bits per heavy atom. The average Bonchev–Trinajstić information content (AvgIpc) is 3.25. The van der Waals surface area contributed by atoms with Crippen molar-refractivity contribution in [3.63, 3.8) is 0 Å². The molecule has 0 radical (unpaired) electrons. The molecule has 40 heavy (non-hydrogen) atoms. The molecule has 1 saturated heterocycles. The zero-order chi connectivity index (χ0) is 28.9. The predicted molar refractivity (Wildman–Crippen MR) is 150 cm³/mol. The number of nitriles is 1. The maximum Gasteiger partial charge on any atom is 0.406 e. The first-order chi connectivity index (χ1) is 18.9. The maximum atomic E-state index is 13.4. The van der Waals surface area contributed by atoms with Gasteiger partial charge in [-0.05, 0) is 87.3 Å². The van der Waals surface area contributed by atoms with Gasteiger partial charge in [-0.2, -0.15) is 18.4 Å². The summed E-state index contributed by atoms with van der Waals surface area (Å²) < 4.78 is 41.5. The lowest BCUT2D eigenvalue weighted by atomic mass is 9.90. The zero-order valence-corrected chi connectivity index (χ0v) is 23.1. The second kappa shape index (κ2) is 12.0. The third-order valence-corrected chi connectivity index (χ3v) is 7.48. The highest BCUT2D eigenvalue weighted by Gasteiger charge is 2.29.